The molecule has 0 unspecified atom stereocenters. The molecule has 2 N–H and O–H groups in total. The fraction of sp³-hybridized carbons (Fsp3) is 0.227. The average molecular weight is 365 g/mol. The van der Waals surface area contributed by atoms with Crippen molar-refractivity contribution in [1.29, 1.82) is 0 Å². The van der Waals surface area contributed by atoms with Crippen LogP contribution in [0.15, 0.2) is 65.1 Å². The number of para-hydroxylation sites is 2. The van der Waals surface area contributed by atoms with Crippen LogP contribution in [0.1, 0.15) is 42.6 Å². The lowest BCUT2D eigenvalue weighted by Crippen LogP contribution is -2.11. The van der Waals surface area contributed by atoms with Crippen LogP contribution < -0.4 is 10.1 Å². The molecule has 2 aromatic carbocycles. The lowest BCUT2D eigenvalue weighted by Gasteiger charge is -2.19. The van der Waals surface area contributed by atoms with Crippen LogP contribution in [-0.2, 0) is 12.0 Å². The number of phenols is 1. The molecule has 1 aromatic heterocycles. The van der Waals surface area contributed by atoms with Gasteiger partial charge in [-0.05, 0) is 47.4 Å². The summed E-state index contributed by atoms with van der Waals surface area (Å²) in [6.07, 6.45) is 0. The minimum absolute atomic E-state index is 0.000309. The summed E-state index contributed by atoms with van der Waals surface area (Å²) in [5.74, 6) is 0.994. The van der Waals surface area contributed by atoms with E-state index < -0.39 is 5.91 Å². The number of aromatic hydroxyl groups is 1. The molecule has 0 atom stereocenters. The third-order valence-electron chi connectivity index (χ3n) is 4.14. The predicted molar refractivity (Wildman–Crippen MR) is 104 cm³/mol. The van der Waals surface area contributed by atoms with Crippen molar-refractivity contribution >= 4 is 11.6 Å². The highest BCUT2D eigenvalue weighted by Gasteiger charge is 2.15. The van der Waals surface area contributed by atoms with Gasteiger partial charge < -0.3 is 19.6 Å². The molecule has 1 amide bonds. The Bertz CT molecular complexity index is 920. The SMILES string of the molecule is CC(C)(C)c1ccc(OCc2ccc(C(=O)Nc3ccccc3O)o2)cc1. The molecule has 0 fully saturated rings. The number of carbonyl (C=O) groups is 1. The van der Waals surface area contributed by atoms with Crippen LogP contribution in [0, 0.1) is 0 Å². The number of ether oxygens (including phenoxy) is 1. The molecule has 0 aliphatic carbocycles. The van der Waals surface area contributed by atoms with E-state index in [1.807, 2.05) is 24.3 Å². The van der Waals surface area contributed by atoms with Gasteiger partial charge in [-0.3, -0.25) is 4.79 Å². The topological polar surface area (TPSA) is 71.7 Å². The van der Waals surface area contributed by atoms with Crippen LogP contribution in [-0.4, -0.2) is 11.0 Å². The Balaban J connectivity index is 1.59. The molecule has 3 aromatic rings. The predicted octanol–water partition coefficient (Wildman–Crippen LogP) is 5.11. The zero-order valence-corrected chi connectivity index (χ0v) is 15.7. The van der Waals surface area contributed by atoms with Gasteiger partial charge in [-0.1, -0.05) is 45.0 Å². The second-order valence-corrected chi connectivity index (χ2v) is 7.30. The van der Waals surface area contributed by atoms with E-state index in [4.69, 9.17) is 9.15 Å². The number of phenolic OH excluding ortho intramolecular Hbond substituents is 1. The highest BCUT2D eigenvalue weighted by atomic mass is 16.5. The van der Waals surface area contributed by atoms with Crippen LogP contribution >= 0.6 is 0 Å². The highest BCUT2D eigenvalue weighted by Crippen LogP contribution is 2.25. The molecule has 1 heterocycles. The standard InChI is InChI=1S/C22H23NO4/c1-22(2,3)15-8-10-16(11-9-15)26-14-17-12-13-20(27-17)21(25)23-18-6-4-5-7-19(18)24/h4-13,24H,14H2,1-3H3,(H,23,25). The lowest BCUT2D eigenvalue weighted by atomic mass is 9.87. The van der Waals surface area contributed by atoms with Crippen molar-refractivity contribution in [3.63, 3.8) is 0 Å². The van der Waals surface area contributed by atoms with Crippen LogP contribution in [0.4, 0.5) is 5.69 Å². The van der Waals surface area contributed by atoms with Gasteiger partial charge in [0.25, 0.3) is 5.91 Å². The summed E-state index contributed by atoms with van der Waals surface area (Å²) < 4.78 is 11.3. The molecule has 0 saturated carbocycles. The van der Waals surface area contributed by atoms with Crippen LogP contribution in [0.25, 0.3) is 0 Å². The van der Waals surface area contributed by atoms with Crippen LogP contribution in [0.2, 0.25) is 0 Å². The van der Waals surface area contributed by atoms with Crippen molar-refractivity contribution in [2.75, 3.05) is 5.32 Å². The van der Waals surface area contributed by atoms with E-state index in [9.17, 15) is 9.90 Å². The van der Waals surface area contributed by atoms with E-state index in [1.54, 1.807) is 30.3 Å². The van der Waals surface area contributed by atoms with Gasteiger partial charge in [0.2, 0.25) is 0 Å². The minimum atomic E-state index is -0.433. The molecular formula is C22H23NO4. The average Bonchev–Trinajstić information content (AvgIpc) is 3.11. The first-order valence-corrected chi connectivity index (χ1v) is 8.74. The molecule has 0 aliphatic heterocycles. The van der Waals surface area contributed by atoms with Gasteiger partial charge >= 0.3 is 0 Å². The molecule has 140 valence electrons. The maximum atomic E-state index is 12.2. The summed E-state index contributed by atoms with van der Waals surface area (Å²) in [4.78, 5) is 12.2. The van der Waals surface area contributed by atoms with Gasteiger partial charge in [0, 0.05) is 0 Å². The summed E-state index contributed by atoms with van der Waals surface area (Å²) in [5, 5.41) is 12.3. The number of carbonyl (C=O) groups excluding carboxylic acids is 1. The van der Waals surface area contributed by atoms with E-state index >= 15 is 0 Å². The fourth-order valence-electron chi connectivity index (χ4n) is 2.55. The van der Waals surface area contributed by atoms with Crippen molar-refractivity contribution < 1.29 is 19.1 Å². The van der Waals surface area contributed by atoms with Gasteiger partial charge in [-0.2, -0.15) is 0 Å². The molecule has 0 saturated heterocycles. The second kappa shape index (κ2) is 7.58. The summed E-state index contributed by atoms with van der Waals surface area (Å²) in [6, 6.07) is 17.7. The van der Waals surface area contributed by atoms with Crippen molar-refractivity contribution in [2.24, 2.45) is 0 Å². The Labute approximate surface area is 158 Å². The molecule has 5 heteroatoms. The van der Waals surface area contributed by atoms with Gasteiger partial charge in [0.05, 0.1) is 5.69 Å². The Morgan fingerprint density at radius 1 is 1.04 bits per heavy atom. The van der Waals surface area contributed by atoms with Crippen molar-refractivity contribution in [3.8, 4) is 11.5 Å². The third kappa shape index (κ3) is 4.70. The Morgan fingerprint density at radius 3 is 2.41 bits per heavy atom. The van der Waals surface area contributed by atoms with E-state index in [1.165, 1.54) is 11.6 Å². The molecule has 0 aliphatic rings. The lowest BCUT2D eigenvalue weighted by molar-refractivity contribution is 0.0992. The molecule has 0 bridgehead atoms. The number of hydrogen-bond donors (Lipinski definition) is 2. The zero-order valence-electron chi connectivity index (χ0n) is 15.7. The fourth-order valence-corrected chi connectivity index (χ4v) is 2.55. The molecule has 27 heavy (non-hydrogen) atoms. The van der Waals surface area contributed by atoms with Crippen molar-refractivity contribution in [2.45, 2.75) is 32.8 Å². The number of hydrogen-bond acceptors (Lipinski definition) is 4. The molecule has 0 spiro atoms. The minimum Gasteiger partial charge on any atom is -0.506 e. The first kappa shape index (κ1) is 18.6. The quantitative estimate of drug-likeness (QED) is 0.616. The summed E-state index contributed by atoms with van der Waals surface area (Å²) in [5.41, 5.74) is 1.65. The first-order valence-electron chi connectivity index (χ1n) is 8.74. The molecule has 3 rings (SSSR count). The van der Waals surface area contributed by atoms with Crippen molar-refractivity contribution in [3.05, 3.63) is 77.7 Å². The Kier molecular flexibility index (Phi) is 5.21. The van der Waals surface area contributed by atoms with E-state index in [2.05, 4.69) is 26.1 Å². The number of furan rings is 1. The van der Waals surface area contributed by atoms with Gasteiger partial charge in [0.1, 0.15) is 23.9 Å². The van der Waals surface area contributed by atoms with E-state index in [-0.39, 0.29) is 23.5 Å². The van der Waals surface area contributed by atoms with Gasteiger partial charge in [-0.15, -0.1) is 0 Å². The maximum absolute atomic E-state index is 12.2. The first-order chi connectivity index (χ1) is 12.8. The number of nitrogens with one attached hydrogen (secondary N) is 1. The van der Waals surface area contributed by atoms with Crippen LogP contribution in [0.5, 0.6) is 11.5 Å². The van der Waals surface area contributed by atoms with Crippen LogP contribution in [0.3, 0.4) is 0 Å². The summed E-state index contributed by atoms with van der Waals surface area (Å²) in [7, 11) is 0. The molecular weight excluding hydrogens is 342 g/mol. The van der Waals surface area contributed by atoms with E-state index in [0.29, 0.717) is 11.4 Å². The monoisotopic (exact) mass is 365 g/mol. The van der Waals surface area contributed by atoms with Gasteiger partial charge in [0.15, 0.2) is 5.76 Å². The smallest absolute Gasteiger partial charge is 0.291 e. The molecule has 0 radical (unpaired) electrons. The normalized spacial score (nSPS) is 11.2. The Morgan fingerprint density at radius 2 is 1.74 bits per heavy atom. The second-order valence-electron chi connectivity index (χ2n) is 7.30. The van der Waals surface area contributed by atoms with Gasteiger partial charge in [-0.25, -0.2) is 0 Å². The van der Waals surface area contributed by atoms with E-state index in [0.717, 1.165) is 5.75 Å². The zero-order chi connectivity index (χ0) is 19.4. The number of benzene rings is 2. The Hall–Kier alpha value is -3.21. The number of amides is 1. The highest BCUT2D eigenvalue weighted by molar-refractivity contribution is 6.03. The number of anilines is 1. The summed E-state index contributed by atoms with van der Waals surface area (Å²) >= 11 is 0. The molecule has 5 nitrogen and oxygen atoms in total. The summed E-state index contributed by atoms with van der Waals surface area (Å²) in [6.45, 7) is 6.70. The third-order valence-corrected chi connectivity index (χ3v) is 4.14. The van der Waals surface area contributed by atoms with Crippen molar-refractivity contribution in [1.82, 2.24) is 0 Å². The number of rotatable bonds is 5. The largest absolute Gasteiger partial charge is 0.506 e. The maximum Gasteiger partial charge on any atom is 0.291 e.